The van der Waals surface area contributed by atoms with E-state index in [4.69, 9.17) is 9.26 Å². The van der Waals surface area contributed by atoms with Crippen LogP contribution in [0.15, 0.2) is 34.9 Å². The van der Waals surface area contributed by atoms with E-state index in [0.717, 1.165) is 36.3 Å². The second-order valence-electron chi connectivity index (χ2n) is 7.11. The summed E-state index contributed by atoms with van der Waals surface area (Å²) < 4.78 is 11.1. The lowest BCUT2D eigenvalue weighted by Gasteiger charge is -2.26. The average molecular weight is 349 g/mol. The van der Waals surface area contributed by atoms with E-state index in [1.54, 1.807) is 0 Å². The van der Waals surface area contributed by atoms with Crippen LogP contribution in [-0.4, -0.2) is 28.7 Å². The molecular formula is C20H19N3O3. The molecule has 1 fully saturated rings. The monoisotopic (exact) mass is 349 g/mol. The van der Waals surface area contributed by atoms with Crippen LogP contribution in [-0.2, 0) is 6.42 Å². The highest BCUT2D eigenvalue weighted by atomic mass is 16.5. The summed E-state index contributed by atoms with van der Waals surface area (Å²) in [7, 11) is 0. The number of para-hydroxylation sites is 1. The van der Waals surface area contributed by atoms with Gasteiger partial charge < -0.3 is 14.6 Å². The molecule has 1 amide bonds. The first kappa shape index (κ1) is 15.4. The highest BCUT2D eigenvalue weighted by Crippen LogP contribution is 2.40. The van der Waals surface area contributed by atoms with Crippen LogP contribution in [0.2, 0.25) is 0 Å². The van der Waals surface area contributed by atoms with E-state index in [9.17, 15) is 4.79 Å². The van der Waals surface area contributed by atoms with Crippen molar-refractivity contribution in [3.63, 3.8) is 0 Å². The predicted molar refractivity (Wildman–Crippen MR) is 95.4 cm³/mol. The van der Waals surface area contributed by atoms with Crippen LogP contribution >= 0.6 is 0 Å². The number of aryl methyl sites for hydroxylation is 1. The fourth-order valence-corrected chi connectivity index (χ4v) is 3.56. The van der Waals surface area contributed by atoms with E-state index in [1.807, 2.05) is 37.3 Å². The maximum atomic E-state index is 13.0. The number of nitrogens with zero attached hydrogens (tertiary/aromatic N) is 2. The van der Waals surface area contributed by atoms with Gasteiger partial charge in [0.15, 0.2) is 0 Å². The number of fused-ring (bicyclic) bond motifs is 2. The number of hydrogen-bond donors (Lipinski definition) is 1. The number of carbonyl (C=O) groups excluding carboxylic acids is 1. The van der Waals surface area contributed by atoms with Gasteiger partial charge in [0.05, 0.1) is 22.7 Å². The van der Waals surface area contributed by atoms with Gasteiger partial charge in [0.1, 0.15) is 12.4 Å². The van der Waals surface area contributed by atoms with E-state index < -0.39 is 0 Å². The van der Waals surface area contributed by atoms with Crippen molar-refractivity contribution < 1.29 is 14.1 Å². The van der Waals surface area contributed by atoms with Crippen molar-refractivity contribution in [2.24, 2.45) is 0 Å². The van der Waals surface area contributed by atoms with Crippen molar-refractivity contribution in [1.29, 1.82) is 0 Å². The Morgan fingerprint density at radius 3 is 2.96 bits per heavy atom. The Bertz CT molecular complexity index is 1010. The number of hydrogen-bond acceptors (Lipinski definition) is 5. The lowest BCUT2D eigenvalue weighted by Crippen LogP contribution is -2.42. The zero-order chi connectivity index (χ0) is 17.7. The maximum absolute atomic E-state index is 13.0. The van der Waals surface area contributed by atoms with Gasteiger partial charge >= 0.3 is 0 Å². The average Bonchev–Trinajstić information content (AvgIpc) is 3.45. The minimum absolute atomic E-state index is 0.0647. The standard InChI is InChI=1S/C20H19N3O3/c1-11-18-15(9-16(12-6-7-12)22-20(18)26-23-11)19(24)21-14-8-13-4-2-3-5-17(13)25-10-14/h2-5,9,12,14H,6-8,10H2,1H3,(H,21,24)/t14-/m1/s1. The molecule has 0 unspecified atom stereocenters. The topological polar surface area (TPSA) is 77.2 Å². The molecule has 1 aliphatic carbocycles. The van der Waals surface area contributed by atoms with E-state index in [-0.39, 0.29) is 11.9 Å². The SMILES string of the molecule is Cc1noc2nc(C3CC3)cc(C(=O)N[C@H]3COc4ccccc4C3)c12. The summed E-state index contributed by atoms with van der Waals surface area (Å²) in [5.41, 5.74) is 3.76. The summed E-state index contributed by atoms with van der Waals surface area (Å²) >= 11 is 0. The first-order valence-electron chi connectivity index (χ1n) is 8.97. The Morgan fingerprint density at radius 1 is 1.27 bits per heavy atom. The lowest BCUT2D eigenvalue weighted by molar-refractivity contribution is 0.0917. The zero-order valence-corrected chi connectivity index (χ0v) is 14.5. The molecular weight excluding hydrogens is 330 g/mol. The van der Waals surface area contributed by atoms with Crippen molar-refractivity contribution in [2.75, 3.05) is 6.61 Å². The Kier molecular flexibility index (Phi) is 3.45. The summed E-state index contributed by atoms with van der Waals surface area (Å²) in [5, 5.41) is 7.80. The van der Waals surface area contributed by atoms with E-state index in [0.29, 0.717) is 34.9 Å². The molecule has 6 heteroatoms. The van der Waals surface area contributed by atoms with Gasteiger partial charge in [-0.2, -0.15) is 0 Å². The molecule has 1 aromatic carbocycles. The minimum atomic E-state index is -0.126. The largest absolute Gasteiger partial charge is 0.491 e. The summed E-state index contributed by atoms with van der Waals surface area (Å²) in [6.07, 6.45) is 2.98. The van der Waals surface area contributed by atoms with Gasteiger partial charge in [0.2, 0.25) is 0 Å². The Hall–Kier alpha value is -2.89. The highest BCUT2D eigenvalue weighted by molar-refractivity contribution is 6.06. The van der Waals surface area contributed by atoms with Crippen LogP contribution in [0.4, 0.5) is 0 Å². The normalized spacial score (nSPS) is 19.0. The van der Waals surface area contributed by atoms with Gasteiger partial charge in [-0.05, 0) is 43.9 Å². The van der Waals surface area contributed by atoms with Crippen LogP contribution in [0.5, 0.6) is 5.75 Å². The zero-order valence-electron chi connectivity index (χ0n) is 14.5. The quantitative estimate of drug-likeness (QED) is 0.786. The number of pyridine rings is 1. The maximum Gasteiger partial charge on any atom is 0.259 e. The molecule has 2 aliphatic rings. The molecule has 1 aliphatic heterocycles. The smallest absolute Gasteiger partial charge is 0.259 e. The van der Waals surface area contributed by atoms with Crippen molar-refractivity contribution in [3.05, 3.63) is 52.8 Å². The number of ether oxygens (including phenoxy) is 1. The number of amides is 1. The molecule has 0 bridgehead atoms. The predicted octanol–water partition coefficient (Wildman–Crippen LogP) is 3.14. The first-order valence-corrected chi connectivity index (χ1v) is 8.97. The lowest BCUT2D eigenvalue weighted by atomic mass is 10.0. The van der Waals surface area contributed by atoms with Gasteiger partial charge in [-0.1, -0.05) is 23.4 Å². The number of rotatable bonds is 3. The summed E-state index contributed by atoms with van der Waals surface area (Å²) in [4.78, 5) is 17.6. The van der Waals surface area contributed by atoms with Crippen molar-refractivity contribution in [1.82, 2.24) is 15.5 Å². The molecule has 1 saturated carbocycles. The summed E-state index contributed by atoms with van der Waals surface area (Å²) in [6.45, 7) is 2.30. The Morgan fingerprint density at radius 2 is 2.12 bits per heavy atom. The summed E-state index contributed by atoms with van der Waals surface area (Å²) in [6, 6.07) is 9.78. The van der Waals surface area contributed by atoms with Crippen LogP contribution in [0.25, 0.3) is 11.1 Å². The fourth-order valence-electron chi connectivity index (χ4n) is 3.56. The highest BCUT2D eigenvalue weighted by Gasteiger charge is 2.29. The van der Waals surface area contributed by atoms with Gasteiger partial charge in [-0.25, -0.2) is 4.98 Å². The molecule has 1 N–H and O–H groups in total. The van der Waals surface area contributed by atoms with Crippen LogP contribution in [0, 0.1) is 6.92 Å². The van der Waals surface area contributed by atoms with Crippen LogP contribution in [0.1, 0.15) is 46.1 Å². The van der Waals surface area contributed by atoms with E-state index in [2.05, 4.69) is 15.5 Å². The molecule has 0 spiro atoms. The molecule has 5 rings (SSSR count). The molecule has 0 radical (unpaired) electrons. The molecule has 6 nitrogen and oxygen atoms in total. The fraction of sp³-hybridized carbons (Fsp3) is 0.350. The molecule has 2 aromatic heterocycles. The summed E-state index contributed by atoms with van der Waals surface area (Å²) in [5.74, 6) is 1.20. The number of carbonyl (C=O) groups is 1. The van der Waals surface area contributed by atoms with Crippen LogP contribution in [0.3, 0.4) is 0 Å². The molecule has 3 aromatic rings. The molecule has 3 heterocycles. The van der Waals surface area contributed by atoms with E-state index in [1.165, 1.54) is 0 Å². The van der Waals surface area contributed by atoms with Crippen molar-refractivity contribution in [2.45, 2.75) is 38.1 Å². The molecule has 26 heavy (non-hydrogen) atoms. The van der Waals surface area contributed by atoms with Crippen molar-refractivity contribution in [3.8, 4) is 5.75 Å². The van der Waals surface area contributed by atoms with E-state index >= 15 is 0 Å². The molecule has 0 saturated heterocycles. The van der Waals surface area contributed by atoms with Gasteiger partial charge in [0, 0.05) is 11.6 Å². The van der Waals surface area contributed by atoms with Crippen molar-refractivity contribution >= 4 is 17.0 Å². The number of benzene rings is 1. The third-order valence-electron chi connectivity index (χ3n) is 5.09. The third-order valence-corrected chi connectivity index (χ3v) is 5.09. The Labute approximate surface area is 150 Å². The number of nitrogens with one attached hydrogen (secondary N) is 1. The molecule has 1 atom stereocenters. The number of aromatic nitrogens is 2. The van der Waals surface area contributed by atoms with Gasteiger partial charge in [0.25, 0.3) is 11.6 Å². The second kappa shape index (κ2) is 5.83. The molecule has 132 valence electrons. The van der Waals surface area contributed by atoms with Gasteiger partial charge in [-0.15, -0.1) is 0 Å². The third kappa shape index (κ3) is 2.62. The minimum Gasteiger partial charge on any atom is -0.491 e. The second-order valence-corrected chi connectivity index (χ2v) is 7.11. The van der Waals surface area contributed by atoms with Gasteiger partial charge in [-0.3, -0.25) is 4.79 Å². The Balaban J connectivity index is 1.44. The van der Waals surface area contributed by atoms with Crippen LogP contribution < -0.4 is 10.1 Å². The first-order chi connectivity index (χ1) is 12.7.